The molecule has 0 atom stereocenters. The first-order valence-electron chi connectivity index (χ1n) is 14.1. The highest BCUT2D eigenvalue weighted by atomic mass is 19.1. The second-order valence-electron chi connectivity index (χ2n) is 10.6. The van der Waals surface area contributed by atoms with E-state index in [9.17, 15) is 14.0 Å². The molecule has 224 valence electrons. The van der Waals surface area contributed by atoms with Crippen LogP contribution in [0.25, 0.3) is 23.0 Å². The summed E-state index contributed by atoms with van der Waals surface area (Å²) >= 11 is 0. The van der Waals surface area contributed by atoms with E-state index in [1.165, 1.54) is 31.4 Å². The second kappa shape index (κ2) is 13.1. The molecule has 0 saturated heterocycles. The van der Waals surface area contributed by atoms with Crippen molar-refractivity contribution in [2.75, 3.05) is 27.9 Å². The standard InChI is InChI=1S/C37H33FO6/c1-24-6-5-7-32(31-22-34(43-4)33(42-3)21-30(24)31)44-29-15-8-25(9-16-29)10-17-35(39)37(18-19-37)36(40)20-27(23-41-2)26-11-13-28(38)14-12-26/h5-17,20-22H,1,18-19,23H2,2-4H3/b17-10+,27-20?. The molecule has 3 aromatic rings. The molecule has 0 aromatic heterocycles. The number of halogens is 1. The van der Waals surface area contributed by atoms with Gasteiger partial charge in [0.1, 0.15) is 17.3 Å². The summed E-state index contributed by atoms with van der Waals surface area (Å²) in [5, 5.41) is 0. The van der Waals surface area contributed by atoms with Crippen LogP contribution < -0.4 is 14.2 Å². The zero-order chi connectivity index (χ0) is 31.3. The molecule has 0 unspecified atom stereocenters. The largest absolute Gasteiger partial charge is 0.493 e. The number of fused-ring (bicyclic) bond motifs is 1. The molecule has 7 heteroatoms. The van der Waals surface area contributed by atoms with Gasteiger partial charge in [0.2, 0.25) is 0 Å². The Kier molecular flexibility index (Phi) is 9.07. The predicted octanol–water partition coefficient (Wildman–Crippen LogP) is 7.51. The average molecular weight is 593 g/mol. The summed E-state index contributed by atoms with van der Waals surface area (Å²) in [6.45, 7) is 4.32. The van der Waals surface area contributed by atoms with E-state index in [-0.39, 0.29) is 24.0 Å². The zero-order valence-electron chi connectivity index (χ0n) is 24.9. The third-order valence-corrected chi connectivity index (χ3v) is 7.73. The zero-order valence-corrected chi connectivity index (χ0v) is 24.9. The Morgan fingerprint density at radius 2 is 1.57 bits per heavy atom. The third kappa shape index (κ3) is 6.48. The number of rotatable bonds is 12. The molecule has 0 radical (unpaired) electrons. The van der Waals surface area contributed by atoms with Gasteiger partial charge in [-0.1, -0.05) is 49.1 Å². The Hall–Kier alpha value is -5.01. The smallest absolute Gasteiger partial charge is 0.169 e. The number of allylic oxidation sites excluding steroid dienone is 6. The molecule has 5 rings (SSSR count). The molecule has 0 heterocycles. The molecule has 0 bridgehead atoms. The molecule has 44 heavy (non-hydrogen) atoms. The van der Waals surface area contributed by atoms with Gasteiger partial charge in [-0.25, -0.2) is 4.39 Å². The molecule has 2 aliphatic rings. The fraction of sp³-hybridized carbons (Fsp3) is 0.189. The van der Waals surface area contributed by atoms with Crippen LogP contribution in [0.3, 0.4) is 0 Å². The first-order valence-corrected chi connectivity index (χ1v) is 14.1. The molecule has 0 amide bonds. The van der Waals surface area contributed by atoms with Gasteiger partial charge in [-0.05, 0) is 95.3 Å². The van der Waals surface area contributed by atoms with Crippen molar-refractivity contribution in [1.29, 1.82) is 0 Å². The maximum Gasteiger partial charge on any atom is 0.169 e. The van der Waals surface area contributed by atoms with Gasteiger partial charge in [-0.2, -0.15) is 0 Å². The predicted molar refractivity (Wildman–Crippen MR) is 170 cm³/mol. The Morgan fingerprint density at radius 1 is 0.909 bits per heavy atom. The summed E-state index contributed by atoms with van der Waals surface area (Å²) < 4.78 is 35.9. The highest BCUT2D eigenvalue weighted by molar-refractivity contribution is 6.20. The number of carbonyl (C=O) groups excluding carboxylic acids is 2. The summed E-state index contributed by atoms with van der Waals surface area (Å²) in [6.07, 6.45) is 11.2. The van der Waals surface area contributed by atoms with E-state index in [1.807, 2.05) is 54.6 Å². The molecule has 3 aromatic carbocycles. The molecule has 0 N–H and O–H groups in total. The van der Waals surface area contributed by atoms with Crippen LogP contribution in [-0.4, -0.2) is 39.5 Å². The number of methoxy groups -OCH3 is 3. The van der Waals surface area contributed by atoms with Crippen LogP contribution in [0, 0.1) is 11.2 Å². The van der Waals surface area contributed by atoms with Crippen molar-refractivity contribution in [3.63, 3.8) is 0 Å². The molecule has 6 nitrogen and oxygen atoms in total. The Morgan fingerprint density at radius 3 is 2.18 bits per heavy atom. The maximum absolute atomic E-state index is 13.4. The Balaban J connectivity index is 1.29. The van der Waals surface area contributed by atoms with Crippen molar-refractivity contribution in [2.45, 2.75) is 12.8 Å². The van der Waals surface area contributed by atoms with E-state index >= 15 is 0 Å². The van der Waals surface area contributed by atoms with Crippen molar-refractivity contribution in [1.82, 2.24) is 0 Å². The monoisotopic (exact) mass is 592 g/mol. The van der Waals surface area contributed by atoms with Gasteiger partial charge < -0.3 is 18.9 Å². The van der Waals surface area contributed by atoms with Crippen LogP contribution in [0.4, 0.5) is 4.39 Å². The fourth-order valence-corrected chi connectivity index (χ4v) is 5.04. The molecule has 0 spiro atoms. The minimum absolute atomic E-state index is 0.168. The van der Waals surface area contributed by atoms with Gasteiger partial charge in [0.25, 0.3) is 0 Å². The summed E-state index contributed by atoms with van der Waals surface area (Å²) in [6, 6.07) is 16.9. The first-order chi connectivity index (χ1) is 21.3. The van der Waals surface area contributed by atoms with Crippen LogP contribution in [0.1, 0.15) is 35.1 Å². The van der Waals surface area contributed by atoms with Crippen LogP contribution in [0.5, 0.6) is 17.2 Å². The van der Waals surface area contributed by atoms with E-state index in [4.69, 9.17) is 18.9 Å². The second-order valence-corrected chi connectivity index (χ2v) is 10.6. The lowest BCUT2D eigenvalue weighted by Crippen LogP contribution is -2.23. The van der Waals surface area contributed by atoms with Crippen LogP contribution in [0.2, 0.25) is 0 Å². The maximum atomic E-state index is 13.4. The van der Waals surface area contributed by atoms with Crippen molar-refractivity contribution >= 4 is 34.5 Å². The number of ketones is 2. The molecule has 1 fully saturated rings. The molecule has 2 aliphatic carbocycles. The van der Waals surface area contributed by atoms with Gasteiger partial charge in [-0.3, -0.25) is 9.59 Å². The first kappa shape index (κ1) is 30.4. The number of hydrogen-bond donors (Lipinski definition) is 0. The van der Waals surface area contributed by atoms with Crippen LogP contribution in [-0.2, 0) is 14.3 Å². The number of hydrogen-bond acceptors (Lipinski definition) is 6. The quantitative estimate of drug-likeness (QED) is 0.160. The lowest BCUT2D eigenvalue weighted by molar-refractivity contribution is -0.129. The summed E-state index contributed by atoms with van der Waals surface area (Å²) in [7, 11) is 4.69. The number of ether oxygens (including phenoxy) is 4. The lowest BCUT2D eigenvalue weighted by atomic mass is 9.92. The minimum Gasteiger partial charge on any atom is -0.493 e. The number of benzene rings is 3. The topological polar surface area (TPSA) is 71.1 Å². The van der Waals surface area contributed by atoms with Crippen molar-refractivity contribution < 1.29 is 32.9 Å². The van der Waals surface area contributed by atoms with Crippen LogP contribution in [0.15, 0.2) is 97.6 Å². The van der Waals surface area contributed by atoms with Crippen molar-refractivity contribution in [3.8, 4) is 17.2 Å². The molecule has 1 saturated carbocycles. The van der Waals surface area contributed by atoms with E-state index in [0.717, 1.165) is 22.3 Å². The molecular formula is C37H33FO6. The normalized spacial score (nSPS) is 15.3. The van der Waals surface area contributed by atoms with Gasteiger partial charge in [0, 0.05) is 12.7 Å². The van der Waals surface area contributed by atoms with Crippen LogP contribution >= 0.6 is 0 Å². The van der Waals surface area contributed by atoms with Gasteiger partial charge in [0.15, 0.2) is 23.1 Å². The Bertz CT molecular complexity index is 1700. The average Bonchev–Trinajstić information content (AvgIpc) is 3.87. The summed E-state index contributed by atoms with van der Waals surface area (Å²) in [5.74, 6) is 1.51. The lowest BCUT2D eigenvalue weighted by Gasteiger charge is -2.17. The number of carbonyl (C=O) groups is 2. The summed E-state index contributed by atoms with van der Waals surface area (Å²) in [5.41, 5.74) is 3.48. The SMILES string of the molecule is C=C1C=CC=C(Oc2ccc(/C=C/C(=O)C3(C(=O)C=C(COC)c4ccc(F)cc4)CC3)cc2)c2cc(OC)c(OC)cc21. The van der Waals surface area contributed by atoms with Gasteiger partial charge >= 0.3 is 0 Å². The van der Waals surface area contributed by atoms with E-state index in [1.54, 1.807) is 32.4 Å². The highest BCUT2D eigenvalue weighted by Crippen LogP contribution is 2.48. The van der Waals surface area contributed by atoms with Crippen molar-refractivity contribution in [3.05, 3.63) is 126 Å². The minimum atomic E-state index is -1.07. The Labute approximate surface area is 256 Å². The van der Waals surface area contributed by atoms with Crippen molar-refractivity contribution in [2.24, 2.45) is 5.41 Å². The van der Waals surface area contributed by atoms with E-state index < -0.39 is 5.41 Å². The van der Waals surface area contributed by atoms with E-state index in [2.05, 4.69) is 6.58 Å². The summed E-state index contributed by atoms with van der Waals surface area (Å²) in [4.78, 5) is 26.4. The fourth-order valence-electron chi connectivity index (χ4n) is 5.04. The van der Waals surface area contributed by atoms with Gasteiger partial charge in [0.05, 0.1) is 26.2 Å². The molecular weight excluding hydrogens is 559 g/mol. The van der Waals surface area contributed by atoms with Gasteiger partial charge in [-0.15, -0.1) is 0 Å². The third-order valence-electron chi connectivity index (χ3n) is 7.73. The molecule has 0 aliphatic heterocycles. The highest BCUT2D eigenvalue weighted by Gasteiger charge is 2.53. The van der Waals surface area contributed by atoms with E-state index in [0.29, 0.717) is 47.0 Å².